The summed E-state index contributed by atoms with van der Waals surface area (Å²) in [6.45, 7) is -0.834. The van der Waals surface area contributed by atoms with Gasteiger partial charge < -0.3 is 54.3 Å². The number of rotatable bonds is 4. The monoisotopic (exact) mass is 514 g/mol. The number of phenols is 2. The van der Waals surface area contributed by atoms with Gasteiger partial charge in [0.25, 0.3) is 0 Å². The Balaban J connectivity index is 1.57. The lowest BCUT2D eigenvalue weighted by Crippen LogP contribution is -2.60. The minimum atomic E-state index is -1.72. The summed E-state index contributed by atoms with van der Waals surface area (Å²) >= 11 is 0. The van der Waals surface area contributed by atoms with Gasteiger partial charge in [-0.25, -0.2) is 4.79 Å². The number of aliphatic hydroxyl groups excluding tert-OH is 4. The molecule has 6 rings (SSSR count). The molecule has 12 heteroatoms. The van der Waals surface area contributed by atoms with Crippen molar-refractivity contribution < 1.29 is 59.1 Å². The highest BCUT2D eigenvalue weighted by molar-refractivity contribution is 6.14. The Bertz CT molecular complexity index is 1420. The molecule has 0 aromatic heterocycles. The summed E-state index contributed by atoms with van der Waals surface area (Å²) in [5.41, 5.74) is 1.30. The Labute approximate surface area is 208 Å². The first kappa shape index (κ1) is 23.6. The number of cyclic esters (lactones) is 1. The van der Waals surface area contributed by atoms with E-state index in [-0.39, 0.29) is 35.7 Å². The van der Waals surface area contributed by atoms with Crippen molar-refractivity contribution >= 4 is 16.7 Å². The third-order valence-corrected chi connectivity index (χ3v) is 6.75. The third kappa shape index (κ3) is 3.61. The van der Waals surface area contributed by atoms with Crippen molar-refractivity contribution in [1.82, 2.24) is 0 Å². The number of hydrogen-bond acceptors (Lipinski definition) is 12. The Morgan fingerprint density at radius 1 is 0.865 bits per heavy atom. The number of carbonyl (C=O) groups is 1. The van der Waals surface area contributed by atoms with Crippen molar-refractivity contribution in [3.63, 3.8) is 0 Å². The summed E-state index contributed by atoms with van der Waals surface area (Å²) in [7, 11) is 0. The second-order valence-corrected chi connectivity index (χ2v) is 8.90. The first-order valence-electron chi connectivity index (χ1n) is 11.4. The van der Waals surface area contributed by atoms with E-state index in [1.807, 2.05) is 0 Å². The van der Waals surface area contributed by atoms with Gasteiger partial charge in [-0.15, -0.1) is 0 Å². The maximum absolute atomic E-state index is 13.0. The summed E-state index contributed by atoms with van der Waals surface area (Å²) < 4.78 is 27.6. The standard InChI is InChI=1S/C25H22O12/c26-6-17-20(29)21(30)22(31)25(36-17)37-23-11-5-14(28)13(27)4-10(11)18(19-12(23)7-33-24(19)32)9-1-2-15-16(3-9)35-8-34-15/h1-5,17,20-22,25-31H,6-8H2/t17-,20-,21+,22-,25?/m1/s1. The van der Waals surface area contributed by atoms with Crippen LogP contribution in [0.3, 0.4) is 0 Å². The minimum Gasteiger partial charge on any atom is -0.504 e. The molecule has 0 radical (unpaired) electrons. The highest BCUT2D eigenvalue weighted by Crippen LogP contribution is 2.49. The van der Waals surface area contributed by atoms with E-state index < -0.39 is 54.8 Å². The zero-order chi connectivity index (χ0) is 26.0. The zero-order valence-corrected chi connectivity index (χ0v) is 19.0. The molecular formula is C25H22O12. The number of ether oxygens (including phenoxy) is 5. The highest BCUT2D eigenvalue weighted by atomic mass is 16.7. The highest BCUT2D eigenvalue weighted by Gasteiger charge is 2.45. The van der Waals surface area contributed by atoms with E-state index in [2.05, 4.69) is 0 Å². The molecule has 3 aromatic carbocycles. The molecule has 0 aliphatic carbocycles. The zero-order valence-electron chi connectivity index (χ0n) is 19.0. The van der Waals surface area contributed by atoms with Gasteiger partial charge in [-0.05, 0) is 35.2 Å². The lowest BCUT2D eigenvalue weighted by atomic mass is 9.89. The van der Waals surface area contributed by atoms with Crippen LogP contribution in [0, 0.1) is 0 Å². The number of aromatic hydroxyl groups is 2. The maximum Gasteiger partial charge on any atom is 0.339 e. The summed E-state index contributed by atoms with van der Waals surface area (Å²) in [5.74, 6) is -0.644. The molecule has 1 unspecified atom stereocenters. The summed E-state index contributed by atoms with van der Waals surface area (Å²) in [6.07, 6.45) is -7.81. The van der Waals surface area contributed by atoms with Crippen LogP contribution in [0.5, 0.6) is 28.7 Å². The van der Waals surface area contributed by atoms with E-state index in [1.165, 1.54) is 12.1 Å². The van der Waals surface area contributed by atoms with Crippen molar-refractivity contribution in [3.05, 3.63) is 41.5 Å². The Morgan fingerprint density at radius 2 is 1.59 bits per heavy atom. The molecule has 1 fully saturated rings. The molecule has 12 nitrogen and oxygen atoms in total. The summed E-state index contributed by atoms with van der Waals surface area (Å²) in [5, 5.41) is 61.5. The first-order valence-corrected chi connectivity index (χ1v) is 11.4. The second kappa shape index (κ2) is 8.64. The van der Waals surface area contributed by atoms with Gasteiger partial charge in [0, 0.05) is 16.5 Å². The molecule has 37 heavy (non-hydrogen) atoms. The summed E-state index contributed by atoms with van der Waals surface area (Å²) in [4.78, 5) is 13.0. The maximum atomic E-state index is 13.0. The van der Waals surface area contributed by atoms with Crippen LogP contribution in [-0.2, 0) is 16.1 Å². The predicted molar refractivity (Wildman–Crippen MR) is 122 cm³/mol. The Morgan fingerprint density at radius 3 is 2.35 bits per heavy atom. The molecule has 5 atom stereocenters. The van der Waals surface area contributed by atoms with E-state index in [0.29, 0.717) is 28.0 Å². The molecule has 6 N–H and O–H groups in total. The van der Waals surface area contributed by atoms with Crippen molar-refractivity contribution in [3.8, 4) is 39.9 Å². The number of aliphatic hydroxyl groups is 4. The number of phenolic OH excluding ortho intramolecular Hbond substituents is 2. The van der Waals surface area contributed by atoms with Gasteiger partial charge in [-0.1, -0.05) is 6.07 Å². The molecule has 0 bridgehead atoms. The average Bonchev–Trinajstić information content (AvgIpc) is 3.51. The van der Waals surface area contributed by atoms with E-state index in [1.54, 1.807) is 18.2 Å². The van der Waals surface area contributed by atoms with Crippen LogP contribution in [0.15, 0.2) is 30.3 Å². The molecule has 3 aromatic rings. The molecule has 0 saturated carbocycles. The van der Waals surface area contributed by atoms with Gasteiger partial charge >= 0.3 is 5.97 Å². The molecule has 3 aliphatic rings. The van der Waals surface area contributed by atoms with Crippen LogP contribution < -0.4 is 14.2 Å². The molecular weight excluding hydrogens is 492 g/mol. The fourth-order valence-corrected chi connectivity index (χ4v) is 4.87. The molecule has 0 spiro atoms. The average molecular weight is 514 g/mol. The van der Waals surface area contributed by atoms with Crippen LogP contribution in [0.25, 0.3) is 21.9 Å². The number of hydrogen-bond donors (Lipinski definition) is 6. The molecule has 3 aliphatic heterocycles. The van der Waals surface area contributed by atoms with Gasteiger partial charge in [-0.2, -0.15) is 0 Å². The van der Waals surface area contributed by atoms with Crippen LogP contribution >= 0.6 is 0 Å². The largest absolute Gasteiger partial charge is 0.504 e. The number of benzene rings is 3. The minimum absolute atomic E-state index is 0.0139. The normalized spacial score (nSPS) is 26.3. The molecule has 0 amide bonds. The third-order valence-electron chi connectivity index (χ3n) is 6.75. The van der Waals surface area contributed by atoms with Gasteiger partial charge in [-0.3, -0.25) is 0 Å². The molecule has 1 saturated heterocycles. The van der Waals surface area contributed by atoms with E-state index in [4.69, 9.17) is 23.7 Å². The van der Waals surface area contributed by atoms with Crippen LogP contribution in [0.2, 0.25) is 0 Å². The van der Waals surface area contributed by atoms with E-state index in [0.717, 1.165) is 0 Å². The van der Waals surface area contributed by atoms with E-state index in [9.17, 15) is 35.4 Å². The lowest BCUT2D eigenvalue weighted by molar-refractivity contribution is -0.277. The first-order chi connectivity index (χ1) is 17.8. The Hall–Kier alpha value is -3.81. The smallest absolute Gasteiger partial charge is 0.339 e. The second-order valence-electron chi connectivity index (χ2n) is 8.90. The number of esters is 1. The SMILES string of the molecule is O=C1OCc2c1c(-c1ccc3c(c1)OCO3)c1cc(O)c(O)cc1c2OC1O[C@H](CO)[C@@H](O)[C@H](O)[C@H]1O. The van der Waals surface area contributed by atoms with Crippen LogP contribution in [0.4, 0.5) is 0 Å². The summed E-state index contributed by atoms with van der Waals surface area (Å²) in [6, 6.07) is 7.54. The van der Waals surface area contributed by atoms with Gasteiger partial charge in [0.05, 0.1) is 12.2 Å². The topological polar surface area (TPSA) is 185 Å². The molecule has 3 heterocycles. The van der Waals surface area contributed by atoms with E-state index >= 15 is 0 Å². The van der Waals surface area contributed by atoms with Gasteiger partial charge in [0.15, 0.2) is 23.0 Å². The van der Waals surface area contributed by atoms with Crippen LogP contribution in [0.1, 0.15) is 15.9 Å². The quantitative estimate of drug-likeness (QED) is 0.210. The molecule has 194 valence electrons. The van der Waals surface area contributed by atoms with Crippen molar-refractivity contribution in [2.45, 2.75) is 37.3 Å². The number of fused-ring (bicyclic) bond motifs is 3. The van der Waals surface area contributed by atoms with Gasteiger partial charge in [0.2, 0.25) is 13.1 Å². The van der Waals surface area contributed by atoms with Crippen molar-refractivity contribution in [1.29, 1.82) is 0 Å². The van der Waals surface area contributed by atoms with Crippen molar-refractivity contribution in [2.75, 3.05) is 13.4 Å². The van der Waals surface area contributed by atoms with Crippen LogP contribution in [-0.4, -0.2) is 80.7 Å². The van der Waals surface area contributed by atoms with Crippen molar-refractivity contribution in [2.24, 2.45) is 0 Å². The fourth-order valence-electron chi connectivity index (χ4n) is 4.87. The lowest BCUT2D eigenvalue weighted by Gasteiger charge is -2.39. The number of carbonyl (C=O) groups excluding carboxylic acids is 1. The predicted octanol–water partition coefficient (Wildman–Crippen LogP) is 0.496. The Kier molecular flexibility index (Phi) is 5.51. The van der Waals surface area contributed by atoms with Gasteiger partial charge in [0.1, 0.15) is 36.8 Å². The fraction of sp³-hybridized carbons (Fsp3) is 0.320.